The van der Waals surface area contributed by atoms with Crippen LogP contribution < -0.4 is 25.2 Å². The summed E-state index contributed by atoms with van der Waals surface area (Å²) < 4.78 is 33.7. The number of rotatable bonds is 7. The number of benzene rings is 2. The molecule has 0 saturated heterocycles. The van der Waals surface area contributed by atoms with Crippen LogP contribution in [0.5, 0.6) is 11.5 Å². The predicted molar refractivity (Wildman–Crippen MR) is 106 cm³/mol. The number of hydrogen-bond donors (Lipinski definition) is 3. The molecular weight excluding hydrogens is 368 g/mol. The minimum Gasteiger partial charge on any atom is -0.493 e. The molecule has 2 rings (SSSR count). The lowest BCUT2D eigenvalue weighted by Gasteiger charge is -2.15. The molecular formula is C18H24N4O4S. The summed E-state index contributed by atoms with van der Waals surface area (Å²) in [5.41, 5.74) is 1.52. The second-order valence-corrected chi connectivity index (χ2v) is 7.10. The number of guanidine groups is 1. The SMILES string of the molecule is CCOc1ccc(NC(=NC)NCc2cccc(S(N)(=O)=O)c2)cc1OC. The smallest absolute Gasteiger partial charge is 0.238 e. The van der Waals surface area contributed by atoms with Crippen molar-refractivity contribution in [1.82, 2.24) is 5.32 Å². The highest BCUT2D eigenvalue weighted by molar-refractivity contribution is 7.89. The zero-order valence-corrected chi connectivity index (χ0v) is 16.3. The van der Waals surface area contributed by atoms with Crippen LogP contribution in [0.15, 0.2) is 52.4 Å². The van der Waals surface area contributed by atoms with Crippen LogP contribution in [-0.4, -0.2) is 35.1 Å². The van der Waals surface area contributed by atoms with Crippen molar-refractivity contribution < 1.29 is 17.9 Å². The average Bonchev–Trinajstić information content (AvgIpc) is 2.65. The molecule has 0 heterocycles. The summed E-state index contributed by atoms with van der Waals surface area (Å²) in [4.78, 5) is 4.23. The number of ether oxygens (including phenoxy) is 2. The van der Waals surface area contributed by atoms with Gasteiger partial charge in [-0.1, -0.05) is 12.1 Å². The zero-order chi connectivity index (χ0) is 19.9. The highest BCUT2D eigenvalue weighted by atomic mass is 32.2. The molecule has 146 valence electrons. The van der Waals surface area contributed by atoms with Gasteiger partial charge in [0.15, 0.2) is 17.5 Å². The Morgan fingerprint density at radius 1 is 1.19 bits per heavy atom. The van der Waals surface area contributed by atoms with Gasteiger partial charge in [0.25, 0.3) is 0 Å². The first kappa shape index (κ1) is 20.5. The van der Waals surface area contributed by atoms with E-state index in [4.69, 9.17) is 14.6 Å². The maximum atomic E-state index is 11.5. The summed E-state index contributed by atoms with van der Waals surface area (Å²) in [5.74, 6) is 1.79. The minimum atomic E-state index is -3.73. The van der Waals surface area contributed by atoms with Gasteiger partial charge in [0.05, 0.1) is 18.6 Å². The summed E-state index contributed by atoms with van der Waals surface area (Å²) in [5, 5.41) is 11.4. The summed E-state index contributed by atoms with van der Waals surface area (Å²) in [6.07, 6.45) is 0. The van der Waals surface area contributed by atoms with Crippen LogP contribution in [0, 0.1) is 0 Å². The third kappa shape index (κ3) is 5.87. The molecule has 8 nitrogen and oxygen atoms in total. The van der Waals surface area contributed by atoms with Gasteiger partial charge in [-0.15, -0.1) is 0 Å². The number of hydrogen-bond acceptors (Lipinski definition) is 5. The van der Waals surface area contributed by atoms with E-state index in [1.165, 1.54) is 12.1 Å². The molecule has 9 heteroatoms. The average molecular weight is 392 g/mol. The maximum absolute atomic E-state index is 11.5. The minimum absolute atomic E-state index is 0.0704. The molecule has 0 aromatic heterocycles. The zero-order valence-electron chi connectivity index (χ0n) is 15.5. The quantitative estimate of drug-likeness (QED) is 0.490. The number of primary sulfonamides is 1. The largest absolute Gasteiger partial charge is 0.493 e. The lowest BCUT2D eigenvalue weighted by atomic mass is 10.2. The first-order valence-corrected chi connectivity index (χ1v) is 9.82. The fourth-order valence-electron chi connectivity index (χ4n) is 2.35. The van der Waals surface area contributed by atoms with Crippen molar-refractivity contribution in [3.8, 4) is 11.5 Å². The van der Waals surface area contributed by atoms with E-state index >= 15 is 0 Å². The van der Waals surface area contributed by atoms with Crippen LogP contribution in [0.4, 0.5) is 5.69 Å². The van der Waals surface area contributed by atoms with E-state index in [2.05, 4.69) is 15.6 Å². The van der Waals surface area contributed by atoms with Crippen LogP contribution >= 0.6 is 0 Å². The van der Waals surface area contributed by atoms with E-state index in [0.717, 1.165) is 11.3 Å². The molecule has 4 N–H and O–H groups in total. The standard InChI is InChI=1S/C18H24N4O4S/c1-4-26-16-9-8-14(11-17(16)25-3)22-18(20-2)21-12-13-6-5-7-15(10-13)27(19,23)24/h5-11H,4,12H2,1-3H3,(H2,19,23,24)(H2,20,21,22). The number of nitrogens with zero attached hydrogens (tertiary/aromatic N) is 1. The molecule has 0 spiro atoms. The van der Waals surface area contributed by atoms with Crippen molar-refractivity contribution >= 4 is 21.7 Å². The second-order valence-electron chi connectivity index (χ2n) is 5.54. The number of anilines is 1. The van der Waals surface area contributed by atoms with E-state index in [1.54, 1.807) is 32.4 Å². The molecule has 0 atom stereocenters. The molecule has 0 aliphatic carbocycles. The van der Waals surface area contributed by atoms with E-state index < -0.39 is 10.0 Å². The number of aliphatic imine (C=N–C) groups is 1. The van der Waals surface area contributed by atoms with Crippen LogP contribution in [-0.2, 0) is 16.6 Å². The first-order chi connectivity index (χ1) is 12.9. The highest BCUT2D eigenvalue weighted by Crippen LogP contribution is 2.30. The molecule has 0 aliphatic heterocycles. The Balaban J connectivity index is 2.07. The van der Waals surface area contributed by atoms with E-state index in [-0.39, 0.29) is 4.90 Å². The number of sulfonamides is 1. The van der Waals surface area contributed by atoms with Crippen molar-refractivity contribution in [3.05, 3.63) is 48.0 Å². The van der Waals surface area contributed by atoms with Gasteiger partial charge in [-0.05, 0) is 36.8 Å². The number of nitrogens with two attached hydrogens (primary N) is 1. The predicted octanol–water partition coefficient (Wildman–Crippen LogP) is 1.93. The van der Waals surface area contributed by atoms with Gasteiger partial charge in [0, 0.05) is 25.3 Å². The summed E-state index contributed by atoms with van der Waals surface area (Å²) >= 11 is 0. The first-order valence-electron chi connectivity index (χ1n) is 8.27. The highest BCUT2D eigenvalue weighted by Gasteiger charge is 2.09. The number of methoxy groups -OCH3 is 1. The lowest BCUT2D eigenvalue weighted by Crippen LogP contribution is -2.30. The van der Waals surface area contributed by atoms with Crippen molar-refractivity contribution in [2.45, 2.75) is 18.4 Å². The molecule has 2 aromatic carbocycles. The Morgan fingerprint density at radius 2 is 1.96 bits per heavy atom. The molecule has 0 bridgehead atoms. The summed E-state index contributed by atoms with van der Waals surface area (Å²) in [6.45, 7) is 2.82. The van der Waals surface area contributed by atoms with Gasteiger partial charge in [0.1, 0.15) is 0 Å². The van der Waals surface area contributed by atoms with E-state index in [1.807, 2.05) is 19.1 Å². The fraction of sp³-hybridized carbons (Fsp3) is 0.278. The summed E-state index contributed by atoms with van der Waals surface area (Å²) in [7, 11) is -0.517. The van der Waals surface area contributed by atoms with Crippen LogP contribution in [0.2, 0.25) is 0 Å². The van der Waals surface area contributed by atoms with Gasteiger partial charge in [-0.3, -0.25) is 4.99 Å². The van der Waals surface area contributed by atoms with Crippen molar-refractivity contribution in [1.29, 1.82) is 0 Å². The van der Waals surface area contributed by atoms with Crippen LogP contribution in [0.25, 0.3) is 0 Å². The van der Waals surface area contributed by atoms with Gasteiger partial charge in [-0.25, -0.2) is 13.6 Å². The van der Waals surface area contributed by atoms with Crippen LogP contribution in [0.3, 0.4) is 0 Å². The third-order valence-electron chi connectivity index (χ3n) is 3.64. The second kappa shape index (κ2) is 9.24. The lowest BCUT2D eigenvalue weighted by molar-refractivity contribution is 0.311. The topological polar surface area (TPSA) is 115 Å². The van der Waals surface area contributed by atoms with E-state index in [0.29, 0.717) is 30.6 Å². The molecule has 0 aliphatic rings. The Bertz CT molecular complexity index is 913. The normalized spacial score (nSPS) is 11.8. The summed E-state index contributed by atoms with van der Waals surface area (Å²) in [6, 6.07) is 11.9. The van der Waals surface area contributed by atoms with Gasteiger partial charge in [0.2, 0.25) is 10.0 Å². The Kier molecular flexibility index (Phi) is 7.03. The Hall–Kier alpha value is -2.78. The number of nitrogens with one attached hydrogen (secondary N) is 2. The van der Waals surface area contributed by atoms with Gasteiger partial charge >= 0.3 is 0 Å². The van der Waals surface area contributed by atoms with Crippen molar-refractivity contribution in [3.63, 3.8) is 0 Å². The molecule has 0 amide bonds. The maximum Gasteiger partial charge on any atom is 0.238 e. The third-order valence-corrected chi connectivity index (χ3v) is 4.55. The molecule has 2 aromatic rings. The van der Waals surface area contributed by atoms with Crippen molar-refractivity contribution in [2.24, 2.45) is 10.1 Å². The van der Waals surface area contributed by atoms with Crippen molar-refractivity contribution in [2.75, 3.05) is 26.1 Å². The monoisotopic (exact) mass is 392 g/mol. The molecule has 0 saturated carbocycles. The van der Waals surface area contributed by atoms with Gasteiger partial charge < -0.3 is 20.1 Å². The fourth-order valence-corrected chi connectivity index (χ4v) is 2.94. The Morgan fingerprint density at radius 3 is 2.59 bits per heavy atom. The van der Waals surface area contributed by atoms with Crippen LogP contribution in [0.1, 0.15) is 12.5 Å². The molecule has 0 fully saturated rings. The van der Waals surface area contributed by atoms with E-state index in [9.17, 15) is 8.42 Å². The molecule has 27 heavy (non-hydrogen) atoms. The van der Waals surface area contributed by atoms with Gasteiger partial charge in [-0.2, -0.15) is 0 Å². The molecule has 0 unspecified atom stereocenters. The Labute approximate surface area is 159 Å². The molecule has 0 radical (unpaired) electrons.